The lowest BCUT2D eigenvalue weighted by molar-refractivity contribution is -0.114. The molecular weight excluding hydrogens is 614 g/mol. The van der Waals surface area contributed by atoms with Gasteiger partial charge in [-0.1, -0.05) is 67.1 Å². The van der Waals surface area contributed by atoms with Crippen molar-refractivity contribution in [3.63, 3.8) is 0 Å². The summed E-state index contributed by atoms with van der Waals surface area (Å²) in [6, 6.07) is 14.7. The topological polar surface area (TPSA) is 65.2 Å². The maximum Gasteiger partial charge on any atom is 0.162 e. The fourth-order valence-electron chi connectivity index (χ4n) is 2.48. The fourth-order valence-corrected chi connectivity index (χ4v) is 4.21. The highest BCUT2D eigenvalue weighted by Gasteiger charge is 2.07. The van der Waals surface area contributed by atoms with Crippen molar-refractivity contribution in [3.8, 4) is 10.6 Å². The van der Waals surface area contributed by atoms with Crippen LogP contribution in [-0.2, 0) is 15.4 Å². The number of Topliss-reactive ketones (excluding diaryl/α,β-unsaturated/α-hetero) is 1. The zero-order valence-corrected chi connectivity index (χ0v) is 25.0. The van der Waals surface area contributed by atoms with Gasteiger partial charge in [-0.05, 0) is 44.0 Å². The number of ketones is 1. The van der Waals surface area contributed by atoms with Gasteiger partial charge in [-0.25, -0.2) is 4.98 Å². The normalized spacial score (nSPS) is 13.4. The number of halogens is 5. The Hall–Kier alpha value is -0.960. The van der Waals surface area contributed by atoms with Crippen molar-refractivity contribution in [2.45, 2.75) is 39.2 Å². The van der Waals surface area contributed by atoms with Gasteiger partial charge in [-0.15, -0.1) is 46.1 Å². The van der Waals surface area contributed by atoms with Crippen molar-refractivity contribution in [3.05, 3.63) is 75.2 Å². The monoisotopic (exact) mass is 642 g/mol. The molecule has 1 aliphatic rings. The molecule has 11 heteroatoms. The lowest BCUT2D eigenvalue weighted by atomic mass is 10.2. The van der Waals surface area contributed by atoms with E-state index < -0.39 is 0 Å². The van der Waals surface area contributed by atoms with Crippen LogP contribution in [0.5, 0.6) is 0 Å². The molecule has 1 aliphatic heterocycles. The van der Waals surface area contributed by atoms with E-state index in [2.05, 4.69) is 11.9 Å². The Morgan fingerprint density at radius 3 is 1.92 bits per heavy atom. The van der Waals surface area contributed by atoms with Crippen molar-refractivity contribution >= 4 is 92.3 Å². The van der Waals surface area contributed by atoms with Gasteiger partial charge in [0.15, 0.2) is 5.78 Å². The smallest absolute Gasteiger partial charge is 0.162 e. The number of nitrogens with zero attached hydrogens (tertiary/aromatic N) is 1. The third kappa shape index (κ3) is 15.9. The summed E-state index contributed by atoms with van der Waals surface area (Å²) >= 11 is 33.5. The van der Waals surface area contributed by atoms with Crippen LogP contribution in [-0.4, -0.2) is 40.2 Å². The van der Waals surface area contributed by atoms with Gasteiger partial charge >= 0.3 is 0 Å². The van der Waals surface area contributed by atoms with Gasteiger partial charge in [0.2, 0.25) is 0 Å². The van der Waals surface area contributed by atoms with Crippen LogP contribution in [0.1, 0.15) is 38.4 Å². The summed E-state index contributed by atoms with van der Waals surface area (Å²) in [5.74, 6) is 0.398. The third-order valence-corrected chi connectivity index (χ3v) is 6.91. The zero-order chi connectivity index (χ0) is 26.9. The number of carbonyl (C=O) groups excluding carboxylic acids is 1. The molecule has 1 aromatic heterocycles. The molecule has 0 spiro atoms. The molecule has 4 rings (SSSR count). The predicted molar refractivity (Wildman–Crippen MR) is 167 cm³/mol. The predicted octanol–water partition coefficient (Wildman–Crippen LogP) is 9.03. The molecule has 0 saturated carbocycles. The van der Waals surface area contributed by atoms with E-state index in [1.165, 1.54) is 12.8 Å². The Morgan fingerprint density at radius 1 is 1.05 bits per heavy atom. The van der Waals surface area contributed by atoms with Crippen LogP contribution in [0.3, 0.4) is 0 Å². The highest BCUT2D eigenvalue weighted by molar-refractivity contribution is 7.80. The molecule has 1 fully saturated rings. The SMILES string of the molecule is C.CC1CCCO1.ClCc1csc(-c2ccc(Cl)cc2)n1.NC(=S)c1ccc(Cl)cc1.O=C(CCl)CCl. The van der Waals surface area contributed by atoms with Crippen molar-refractivity contribution in [2.75, 3.05) is 18.4 Å². The lowest BCUT2D eigenvalue weighted by Crippen LogP contribution is -2.08. The minimum Gasteiger partial charge on any atom is -0.389 e. The number of nitrogens with two attached hydrogens (primary N) is 1. The van der Waals surface area contributed by atoms with E-state index in [-0.39, 0.29) is 25.0 Å². The molecule has 1 atom stereocenters. The van der Waals surface area contributed by atoms with E-state index in [9.17, 15) is 4.79 Å². The van der Waals surface area contributed by atoms with Crippen LogP contribution in [0.15, 0.2) is 53.9 Å². The summed E-state index contributed by atoms with van der Waals surface area (Å²) in [5.41, 5.74) is 8.20. The second kappa shape index (κ2) is 20.9. The minimum atomic E-state index is -0.127. The lowest BCUT2D eigenvalue weighted by Gasteiger charge is -1.95. The number of rotatable bonds is 5. The molecule has 2 heterocycles. The summed E-state index contributed by atoms with van der Waals surface area (Å²) in [4.78, 5) is 14.7. The standard InChI is InChI=1S/C10H7Cl2NS.C7H6ClNS.C5H10O.C3H4Cl2O.CH4/c11-5-9-6-14-10(13-9)7-1-3-8(12)4-2-7;8-6-3-1-5(2-4-6)7(9)10;1-5-3-2-4-6-5;4-1-3(6)2-5;/h1-4,6H,5H2;1-4H,(H2,9,10);5H,2-4H2,1H3;1-2H2;1H4. The van der Waals surface area contributed by atoms with Crippen molar-refractivity contribution in [1.29, 1.82) is 0 Å². The molecule has 204 valence electrons. The molecule has 4 nitrogen and oxygen atoms in total. The van der Waals surface area contributed by atoms with E-state index >= 15 is 0 Å². The first-order chi connectivity index (χ1) is 17.2. The molecule has 2 N–H and O–H groups in total. The first-order valence-corrected chi connectivity index (χ1v) is 14.4. The molecular formula is C26H31Cl5N2O2S2. The number of ether oxygens (including phenoxy) is 1. The summed E-state index contributed by atoms with van der Waals surface area (Å²) in [6.07, 6.45) is 3.08. The number of thiocarbonyl (C=S) groups is 1. The highest BCUT2D eigenvalue weighted by atomic mass is 35.5. The van der Waals surface area contributed by atoms with E-state index in [0.717, 1.165) is 33.5 Å². The molecule has 0 amide bonds. The number of hydrogen-bond donors (Lipinski definition) is 1. The Morgan fingerprint density at radius 2 is 1.59 bits per heavy atom. The van der Waals surface area contributed by atoms with Gasteiger partial charge in [-0.2, -0.15) is 0 Å². The van der Waals surface area contributed by atoms with Crippen LogP contribution in [0, 0.1) is 0 Å². The quantitative estimate of drug-likeness (QED) is 0.222. The number of carbonyl (C=O) groups is 1. The van der Waals surface area contributed by atoms with E-state index in [4.69, 9.17) is 80.7 Å². The second-order valence-corrected chi connectivity index (χ2v) is 10.3. The maximum atomic E-state index is 9.92. The van der Waals surface area contributed by atoms with Crippen LogP contribution in [0.2, 0.25) is 10.0 Å². The Bertz CT molecular complexity index is 1040. The van der Waals surface area contributed by atoms with Crippen molar-refractivity contribution < 1.29 is 9.53 Å². The summed E-state index contributed by atoms with van der Waals surface area (Å²) in [6.45, 7) is 3.11. The third-order valence-electron chi connectivity index (χ3n) is 4.36. The number of hydrogen-bond acceptors (Lipinski definition) is 5. The molecule has 3 aromatic rings. The first-order valence-electron chi connectivity index (χ1n) is 10.8. The largest absolute Gasteiger partial charge is 0.389 e. The second-order valence-electron chi connectivity index (χ2n) is 7.29. The fraction of sp³-hybridized carbons (Fsp3) is 0.346. The van der Waals surface area contributed by atoms with Gasteiger partial charge in [-0.3, -0.25) is 4.79 Å². The zero-order valence-electron chi connectivity index (χ0n) is 19.6. The van der Waals surface area contributed by atoms with E-state index in [1.807, 2.05) is 29.6 Å². The van der Waals surface area contributed by atoms with Gasteiger partial charge < -0.3 is 10.5 Å². The van der Waals surface area contributed by atoms with E-state index in [1.54, 1.807) is 35.6 Å². The minimum absolute atomic E-state index is 0. The molecule has 1 saturated heterocycles. The molecule has 2 aromatic carbocycles. The summed E-state index contributed by atoms with van der Waals surface area (Å²) < 4.78 is 5.15. The molecule has 0 aliphatic carbocycles. The Balaban J connectivity index is 0.000000496. The van der Waals surface area contributed by atoms with Gasteiger partial charge in [0.05, 0.1) is 29.4 Å². The van der Waals surface area contributed by atoms with Crippen molar-refractivity contribution in [1.82, 2.24) is 4.98 Å². The number of aromatic nitrogens is 1. The van der Waals surface area contributed by atoms with Gasteiger partial charge in [0.25, 0.3) is 0 Å². The molecule has 0 radical (unpaired) electrons. The van der Waals surface area contributed by atoms with Crippen LogP contribution < -0.4 is 5.73 Å². The number of alkyl halides is 3. The summed E-state index contributed by atoms with van der Waals surface area (Å²) in [7, 11) is 0. The number of thiazole rings is 1. The summed E-state index contributed by atoms with van der Waals surface area (Å²) in [5, 5.41) is 4.39. The Kier molecular flexibility index (Phi) is 20.4. The molecule has 37 heavy (non-hydrogen) atoms. The first kappa shape index (κ1) is 36.0. The molecule has 0 bridgehead atoms. The van der Waals surface area contributed by atoms with Crippen LogP contribution in [0.4, 0.5) is 0 Å². The highest BCUT2D eigenvalue weighted by Crippen LogP contribution is 2.25. The van der Waals surface area contributed by atoms with Gasteiger partial charge in [0, 0.05) is 33.2 Å². The Labute approximate surface area is 254 Å². The van der Waals surface area contributed by atoms with E-state index in [0.29, 0.717) is 22.0 Å². The van der Waals surface area contributed by atoms with Crippen LogP contribution in [0.25, 0.3) is 10.6 Å². The average molecular weight is 645 g/mol. The molecule has 1 unspecified atom stereocenters. The maximum absolute atomic E-state index is 9.92. The number of benzene rings is 2. The average Bonchev–Trinajstić information content (AvgIpc) is 3.57. The van der Waals surface area contributed by atoms with Gasteiger partial charge in [0.1, 0.15) is 10.00 Å². The van der Waals surface area contributed by atoms with Crippen molar-refractivity contribution in [2.24, 2.45) is 5.73 Å². The van der Waals surface area contributed by atoms with Crippen LogP contribution >= 0.6 is 81.6 Å².